The third-order valence-electron chi connectivity index (χ3n) is 7.57. The zero-order valence-electron chi connectivity index (χ0n) is 27.7. The molecule has 0 heterocycles. The van der Waals surface area contributed by atoms with Crippen molar-refractivity contribution in [1.82, 2.24) is 0 Å². The van der Waals surface area contributed by atoms with Gasteiger partial charge in [-0.1, -0.05) is 0 Å². The van der Waals surface area contributed by atoms with Gasteiger partial charge in [-0.15, -0.1) is 0 Å². The van der Waals surface area contributed by atoms with E-state index in [1.807, 2.05) is 0 Å². The minimum Gasteiger partial charge on any atom is -0.412 e. The molecule has 3 radical (unpaired) electrons. The number of benzene rings is 4. The second-order valence-corrected chi connectivity index (χ2v) is 18.3. The zero-order chi connectivity index (χ0) is 30.6. The first kappa shape index (κ1) is 35.6. The zero-order valence-corrected chi connectivity index (χ0v) is 31.9. The summed E-state index contributed by atoms with van der Waals surface area (Å²) in [7, 11) is 0. The summed E-state index contributed by atoms with van der Waals surface area (Å²) in [6.07, 6.45) is 0. The van der Waals surface area contributed by atoms with Crippen molar-refractivity contribution < 1.29 is 9.34 Å². The van der Waals surface area contributed by atoms with Gasteiger partial charge < -0.3 is 5.48 Å². The minimum absolute atomic E-state index is 0. The molecule has 42 heavy (non-hydrogen) atoms. The summed E-state index contributed by atoms with van der Waals surface area (Å²) < 4.78 is 11.8. The van der Waals surface area contributed by atoms with Gasteiger partial charge in [0.05, 0.1) is 0 Å². The van der Waals surface area contributed by atoms with Crippen molar-refractivity contribution in [2.24, 2.45) is 5.16 Å². The van der Waals surface area contributed by atoms with Crippen molar-refractivity contribution in [3.05, 3.63) is 115 Å². The molecule has 4 aromatic carbocycles. The van der Waals surface area contributed by atoms with E-state index >= 15 is 0 Å². The second kappa shape index (κ2) is 15.2. The van der Waals surface area contributed by atoms with E-state index in [1.165, 1.54) is 75.6 Å². The van der Waals surface area contributed by atoms with E-state index in [2.05, 4.69) is 143 Å². The Morgan fingerprint density at radius 1 is 0.476 bits per heavy atom. The van der Waals surface area contributed by atoms with Crippen LogP contribution in [0.3, 0.4) is 0 Å². The Bertz CT molecular complexity index is 1380. The molecule has 4 rings (SSSR count). The van der Waals surface area contributed by atoms with Crippen LogP contribution in [-0.2, 0) is 3.86 Å². The Morgan fingerprint density at radius 2 is 0.714 bits per heavy atom. The smallest absolute Gasteiger partial charge is 0.412 e. The fourth-order valence-electron chi connectivity index (χ4n) is 6.24. The van der Waals surface area contributed by atoms with E-state index in [0.717, 1.165) is 0 Å². The van der Waals surface area contributed by atoms with Crippen molar-refractivity contribution in [3.8, 4) is 0 Å². The number of hydrogen-bond donors (Lipinski definition) is 0. The fourth-order valence-corrected chi connectivity index (χ4v) is 13.8. The third-order valence-corrected chi connectivity index (χ3v) is 17.8. The number of nitrogens with zero attached hydrogens (tertiary/aromatic N) is 1. The fraction of sp³-hybridized carbons (Fsp3) is 0.324. The van der Waals surface area contributed by atoms with Crippen LogP contribution in [-0.4, -0.2) is 42.3 Å². The van der Waals surface area contributed by atoms with E-state index in [4.69, 9.17) is 3.86 Å². The summed E-state index contributed by atoms with van der Waals surface area (Å²) in [6, 6.07) is 18.2. The maximum Gasteiger partial charge on any atom is -0.412 e. The first-order valence-electron chi connectivity index (χ1n) is 14.3. The monoisotopic (exact) mass is 686 g/mol. The predicted octanol–water partition coefficient (Wildman–Crippen LogP) is 5.64. The van der Waals surface area contributed by atoms with Crippen LogP contribution in [0, 0.1) is 83.1 Å². The van der Waals surface area contributed by atoms with Crippen LogP contribution < -0.4 is 17.6 Å². The molecule has 4 aromatic rings. The second-order valence-electron chi connectivity index (χ2n) is 11.8. The summed E-state index contributed by atoms with van der Waals surface area (Å²) in [5, 5.41) is 3.82. The molecule has 0 saturated carbocycles. The van der Waals surface area contributed by atoms with Crippen LogP contribution >= 0.6 is 0 Å². The quantitative estimate of drug-likeness (QED) is 0.148. The van der Waals surface area contributed by atoms with Gasteiger partial charge in [0, 0.05) is 0 Å². The molecule has 0 aliphatic carbocycles. The van der Waals surface area contributed by atoms with Crippen LogP contribution in [0.25, 0.3) is 0 Å². The first-order chi connectivity index (χ1) is 19.2. The van der Waals surface area contributed by atoms with Gasteiger partial charge >= 0.3 is 262 Å². The van der Waals surface area contributed by atoms with Crippen molar-refractivity contribution in [3.63, 3.8) is 0 Å². The Morgan fingerprint density at radius 3 is 0.952 bits per heavy atom. The molecule has 0 fully saturated rings. The molecular weight excluding hydrogens is 636 g/mol. The van der Waals surface area contributed by atoms with Gasteiger partial charge in [-0.3, -0.25) is 0 Å². The molecule has 0 bridgehead atoms. The van der Waals surface area contributed by atoms with Gasteiger partial charge in [-0.2, -0.15) is 0 Å². The molecule has 5 heteroatoms. The summed E-state index contributed by atoms with van der Waals surface area (Å²) in [6.45, 7) is 30.0. The summed E-state index contributed by atoms with van der Waals surface area (Å²) in [5.74, 6) is 0. The van der Waals surface area contributed by atoms with Gasteiger partial charge in [0.1, 0.15) is 0 Å². The molecule has 0 aliphatic heterocycles. The van der Waals surface area contributed by atoms with Gasteiger partial charge in [0.15, 0.2) is 0 Å². The Hall–Kier alpha value is -2.60. The molecule has 0 amide bonds. The van der Waals surface area contributed by atoms with Crippen LogP contribution in [0.1, 0.15) is 66.8 Å². The minimum atomic E-state index is -2.21. The maximum absolute atomic E-state index is 5.90. The van der Waals surface area contributed by atoms with Crippen LogP contribution in [0.4, 0.5) is 0 Å². The van der Waals surface area contributed by atoms with Gasteiger partial charge in [0.2, 0.25) is 0 Å². The van der Waals surface area contributed by atoms with Gasteiger partial charge in [0.25, 0.3) is 0 Å². The number of rotatable bonds is 6. The van der Waals surface area contributed by atoms with Gasteiger partial charge in [-0.25, -0.2) is 0 Å². The topological polar surface area (TPSA) is 53.1 Å². The molecule has 0 aromatic heterocycles. The van der Waals surface area contributed by atoms with E-state index in [0.29, 0.717) is 0 Å². The van der Waals surface area contributed by atoms with Crippen LogP contribution in [0.5, 0.6) is 0 Å². The van der Waals surface area contributed by atoms with E-state index in [1.54, 1.807) is 8.79 Å². The third kappa shape index (κ3) is 8.49. The standard InChI is InChI=1S/C19H24GeNO.C18H22Ge.H2O/c1-12-8-14(3)18(15(4)9-12)20(22-21-7)19-16(5)10-13(2)11-17(19)6;1-11-7-13(3)17(14(4)8-11)19-18-15(5)9-12(2)10-16(18)6;/h8-11H,7H2,1-6H3;7-10H,1-6H3;1H2. The maximum atomic E-state index is 5.90. The summed E-state index contributed by atoms with van der Waals surface area (Å²) in [4.78, 5) is 0. The predicted molar refractivity (Wildman–Crippen MR) is 187 cm³/mol. The summed E-state index contributed by atoms with van der Waals surface area (Å²) in [5.41, 5.74) is 16.4. The van der Waals surface area contributed by atoms with Crippen LogP contribution in [0.15, 0.2) is 53.7 Å². The largest absolute Gasteiger partial charge is 0.412 e. The Labute approximate surface area is 266 Å². The Balaban J connectivity index is 0.000000289. The van der Waals surface area contributed by atoms with Crippen molar-refractivity contribution in [2.45, 2.75) is 83.1 Å². The molecule has 2 N–H and O–H groups in total. The molecule has 0 unspecified atom stereocenters. The molecule has 0 spiro atoms. The van der Waals surface area contributed by atoms with Crippen molar-refractivity contribution in [2.75, 3.05) is 0 Å². The van der Waals surface area contributed by atoms with Crippen molar-refractivity contribution >= 4 is 54.4 Å². The molecule has 0 atom stereocenters. The number of hydrogen-bond acceptors (Lipinski definition) is 2. The number of aryl methyl sites for hydroxylation is 12. The first-order valence-corrected chi connectivity index (χ1v) is 19.4. The normalized spacial score (nSPS) is 10.6. The van der Waals surface area contributed by atoms with Gasteiger partial charge in [-0.05, 0) is 0 Å². The average molecular weight is 684 g/mol. The molecule has 221 valence electrons. The van der Waals surface area contributed by atoms with Crippen LogP contribution in [0.2, 0.25) is 0 Å². The van der Waals surface area contributed by atoms with Crippen molar-refractivity contribution in [1.29, 1.82) is 0 Å². The SMILES string of the molecule is C=N[O][Ge]([c]1c(C)cc(C)cc1C)[c]1c(C)cc(C)cc1C.Cc1cc(C)[c]([Ge][c]2c(C)cc(C)cc2C)c(C)c1.O. The molecule has 0 aliphatic rings. The average Bonchev–Trinajstić information content (AvgIpc) is 2.81. The Kier molecular flexibility index (Phi) is 12.9. The molecule has 0 saturated heterocycles. The molecule has 3 nitrogen and oxygen atoms in total. The number of oxime groups is 1. The molecular formula is C37H48Ge2NO2. The van der Waals surface area contributed by atoms with E-state index in [-0.39, 0.29) is 20.9 Å². The summed E-state index contributed by atoms with van der Waals surface area (Å²) >= 11 is -2.45. The van der Waals surface area contributed by atoms with E-state index < -0.39 is 14.7 Å². The van der Waals surface area contributed by atoms with E-state index in [9.17, 15) is 0 Å².